The summed E-state index contributed by atoms with van der Waals surface area (Å²) in [5.41, 5.74) is 1.57. The lowest BCUT2D eigenvalue weighted by Gasteiger charge is -2.38. The van der Waals surface area contributed by atoms with E-state index >= 15 is 0 Å². The number of nitrogens with zero attached hydrogens (tertiary/aromatic N) is 5. The molecule has 3 aliphatic heterocycles. The standard InChI is InChI=1S/C28H45N5O3/c1-28(2,3)36-27(35)33-13-10-23(11-14-33)9-12-30-17-21-31(22-18-30)25-7-5-24(6-8-25)26(34)32-19-15-29(4)16-20-32/h5-8,23H,9-22H2,1-4H3. The van der Waals surface area contributed by atoms with Gasteiger partial charge in [-0.05, 0) is 83.8 Å². The highest BCUT2D eigenvalue weighted by molar-refractivity contribution is 5.94. The molecule has 0 unspecified atom stereocenters. The van der Waals surface area contributed by atoms with E-state index < -0.39 is 5.60 Å². The molecule has 1 aromatic carbocycles. The molecule has 0 bridgehead atoms. The first-order valence-electron chi connectivity index (χ1n) is 13.7. The molecule has 3 fully saturated rings. The molecule has 36 heavy (non-hydrogen) atoms. The highest BCUT2D eigenvalue weighted by Gasteiger charge is 2.27. The van der Waals surface area contributed by atoms with Crippen molar-refractivity contribution in [2.45, 2.75) is 45.6 Å². The van der Waals surface area contributed by atoms with Crippen molar-refractivity contribution in [3.8, 4) is 0 Å². The lowest BCUT2D eigenvalue weighted by atomic mass is 9.93. The Bertz CT molecular complexity index is 860. The largest absolute Gasteiger partial charge is 0.444 e. The van der Waals surface area contributed by atoms with Crippen molar-refractivity contribution in [1.82, 2.24) is 19.6 Å². The zero-order valence-electron chi connectivity index (χ0n) is 22.7. The zero-order chi connectivity index (χ0) is 25.7. The highest BCUT2D eigenvalue weighted by Crippen LogP contribution is 2.24. The quantitative estimate of drug-likeness (QED) is 0.620. The van der Waals surface area contributed by atoms with Crippen LogP contribution in [0.2, 0.25) is 0 Å². The Morgan fingerprint density at radius 1 is 0.833 bits per heavy atom. The Hall–Kier alpha value is -2.32. The van der Waals surface area contributed by atoms with Gasteiger partial charge in [0.1, 0.15) is 5.60 Å². The molecule has 3 heterocycles. The third kappa shape index (κ3) is 7.35. The molecule has 0 saturated carbocycles. The van der Waals surface area contributed by atoms with Gasteiger partial charge in [0.2, 0.25) is 0 Å². The van der Waals surface area contributed by atoms with E-state index in [0.29, 0.717) is 5.92 Å². The molecule has 0 aliphatic carbocycles. The van der Waals surface area contributed by atoms with Crippen LogP contribution in [0.4, 0.5) is 10.5 Å². The fraction of sp³-hybridized carbons (Fsp3) is 0.714. The van der Waals surface area contributed by atoms with Crippen molar-refractivity contribution >= 4 is 17.7 Å². The third-order valence-corrected chi connectivity index (χ3v) is 7.76. The second kappa shape index (κ2) is 11.8. The van der Waals surface area contributed by atoms with Gasteiger partial charge in [0, 0.05) is 76.7 Å². The molecule has 1 aromatic rings. The number of anilines is 1. The van der Waals surface area contributed by atoms with Gasteiger partial charge in [-0.25, -0.2) is 4.79 Å². The van der Waals surface area contributed by atoms with Gasteiger partial charge < -0.3 is 24.3 Å². The maximum absolute atomic E-state index is 12.8. The molecular weight excluding hydrogens is 454 g/mol. The van der Waals surface area contributed by atoms with E-state index in [1.165, 1.54) is 12.1 Å². The first-order chi connectivity index (χ1) is 17.2. The Morgan fingerprint density at radius 3 is 2.03 bits per heavy atom. The van der Waals surface area contributed by atoms with Crippen LogP contribution in [0.3, 0.4) is 0 Å². The maximum atomic E-state index is 12.8. The fourth-order valence-electron chi connectivity index (χ4n) is 5.33. The molecule has 0 spiro atoms. The summed E-state index contributed by atoms with van der Waals surface area (Å²) in [4.78, 5) is 36.2. The minimum absolute atomic E-state index is 0.149. The van der Waals surface area contributed by atoms with Crippen LogP contribution in [0, 0.1) is 5.92 Å². The van der Waals surface area contributed by atoms with Gasteiger partial charge in [0.05, 0.1) is 0 Å². The number of likely N-dealkylation sites (N-methyl/N-ethyl adjacent to an activating group) is 1. The number of likely N-dealkylation sites (tertiary alicyclic amines) is 1. The van der Waals surface area contributed by atoms with E-state index in [9.17, 15) is 9.59 Å². The van der Waals surface area contributed by atoms with Crippen molar-refractivity contribution in [2.24, 2.45) is 5.92 Å². The minimum atomic E-state index is -0.430. The maximum Gasteiger partial charge on any atom is 0.410 e. The summed E-state index contributed by atoms with van der Waals surface area (Å²) >= 11 is 0. The number of amides is 2. The first-order valence-corrected chi connectivity index (χ1v) is 13.7. The second-order valence-corrected chi connectivity index (χ2v) is 11.7. The van der Waals surface area contributed by atoms with Gasteiger partial charge in [-0.15, -0.1) is 0 Å². The van der Waals surface area contributed by atoms with E-state index in [-0.39, 0.29) is 12.0 Å². The van der Waals surface area contributed by atoms with Crippen LogP contribution in [-0.2, 0) is 4.74 Å². The number of ether oxygens (including phenoxy) is 1. The van der Waals surface area contributed by atoms with Crippen molar-refractivity contribution in [1.29, 1.82) is 0 Å². The molecule has 3 saturated heterocycles. The molecule has 0 N–H and O–H groups in total. The highest BCUT2D eigenvalue weighted by atomic mass is 16.6. The Balaban J connectivity index is 1.15. The summed E-state index contributed by atoms with van der Waals surface area (Å²) in [6.07, 6.45) is 3.16. The SMILES string of the molecule is CN1CCN(C(=O)c2ccc(N3CCN(CCC4CCN(C(=O)OC(C)(C)C)CC4)CC3)cc2)CC1. The van der Waals surface area contributed by atoms with E-state index in [4.69, 9.17) is 4.74 Å². The molecule has 8 nitrogen and oxygen atoms in total. The molecule has 2 amide bonds. The predicted molar refractivity (Wildman–Crippen MR) is 144 cm³/mol. The fourth-order valence-corrected chi connectivity index (χ4v) is 5.33. The zero-order valence-corrected chi connectivity index (χ0v) is 22.7. The Kier molecular flexibility index (Phi) is 8.78. The van der Waals surface area contributed by atoms with E-state index in [2.05, 4.69) is 33.9 Å². The van der Waals surface area contributed by atoms with Gasteiger partial charge in [-0.1, -0.05) is 0 Å². The lowest BCUT2D eigenvalue weighted by Crippen LogP contribution is -2.47. The number of carbonyl (C=O) groups excluding carboxylic acids is 2. The van der Waals surface area contributed by atoms with Crippen molar-refractivity contribution < 1.29 is 14.3 Å². The first kappa shape index (κ1) is 26.7. The van der Waals surface area contributed by atoms with Crippen LogP contribution in [-0.4, -0.2) is 116 Å². The Morgan fingerprint density at radius 2 is 1.44 bits per heavy atom. The predicted octanol–water partition coefficient (Wildman–Crippen LogP) is 3.23. The number of hydrogen-bond acceptors (Lipinski definition) is 6. The smallest absolute Gasteiger partial charge is 0.410 e. The normalized spacial score (nSPS) is 21.1. The van der Waals surface area contributed by atoms with Crippen LogP contribution in [0.5, 0.6) is 0 Å². The molecule has 4 rings (SSSR count). The van der Waals surface area contributed by atoms with Crippen molar-refractivity contribution in [3.63, 3.8) is 0 Å². The Labute approximate surface area is 217 Å². The van der Waals surface area contributed by atoms with Gasteiger partial charge in [0.15, 0.2) is 0 Å². The molecule has 0 aromatic heterocycles. The summed E-state index contributed by atoms with van der Waals surface area (Å²) in [6, 6.07) is 8.20. The summed E-state index contributed by atoms with van der Waals surface area (Å²) in [5, 5.41) is 0. The monoisotopic (exact) mass is 499 g/mol. The summed E-state index contributed by atoms with van der Waals surface area (Å²) in [6.45, 7) is 16.2. The molecule has 0 atom stereocenters. The van der Waals surface area contributed by atoms with Crippen LogP contribution < -0.4 is 4.90 Å². The van der Waals surface area contributed by atoms with E-state index in [1.807, 2.05) is 42.7 Å². The molecule has 3 aliphatic rings. The molecular formula is C28H45N5O3. The van der Waals surface area contributed by atoms with Gasteiger partial charge in [0.25, 0.3) is 5.91 Å². The lowest BCUT2D eigenvalue weighted by molar-refractivity contribution is 0.0177. The van der Waals surface area contributed by atoms with Crippen LogP contribution in [0.15, 0.2) is 24.3 Å². The van der Waals surface area contributed by atoms with Crippen molar-refractivity contribution in [3.05, 3.63) is 29.8 Å². The number of rotatable bonds is 5. The van der Waals surface area contributed by atoms with Gasteiger partial charge in [-0.2, -0.15) is 0 Å². The average Bonchev–Trinajstić information content (AvgIpc) is 2.87. The number of carbonyl (C=O) groups is 2. The summed E-state index contributed by atoms with van der Waals surface area (Å²) in [7, 11) is 2.10. The van der Waals surface area contributed by atoms with Crippen LogP contribution in [0.1, 0.15) is 50.4 Å². The van der Waals surface area contributed by atoms with Crippen LogP contribution in [0.25, 0.3) is 0 Å². The minimum Gasteiger partial charge on any atom is -0.444 e. The molecule has 8 heteroatoms. The van der Waals surface area contributed by atoms with Crippen molar-refractivity contribution in [2.75, 3.05) is 83.9 Å². The number of piperidine rings is 1. The number of benzene rings is 1. The summed E-state index contributed by atoms with van der Waals surface area (Å²) in [5.74, 6) is 0.837. The number of hydrogen-bond donors (Lipinski definition) is 0. The second-order valence-electron chi connectivity index (χ2n) is 11.7. The van der Waals surface area contributed by atoms with Gasteiger partial charge in [-0.3, -0.25) is 9.69 Å². The molecule has 200 valence electrons. The summed E-state index contributed by atoms with van der Waals surface area (Å²) < 4.78 is 5.52. The average molecular weight is 500 g/mol. The van der Waals surface area contributed by atoms with E-state index in [1.54, 1.807) is 0 Å². The third-order valence-electron chi connectivity index (χ3n) is 7.76. The topological polar surface area (TPSA) is 59.6 Å². The number of piperazine rings is 2. The van der Waals surface area contributed by atoms with Gasteiger partial charge >= 0.3 is 6.09 Å². The van der Waals surface area contributed by atoms with E-state index in [0.717, 1.165) is 90.4 Å². The van der Waals surface area contributed by atoms with Crippen LogP contribution >= 0.6 is 0 Å². The molecule has 0 radical (unpaired) electrons.